The molecule has 0 atom stereocenters. The third-order valence-corrected chi connectivity index (χ3v) is 5.68. The van der Waals surface area contributed by atoms with Crippen LogP contribution in [-0.2, 0) is 15.9 Å². The molecule has 2 amide bonds. The summed E-state index contributed by atoms with van der Waals surface area (Å²) in [4.78, 5) is 34.8. The molecular weight excluding hydrogens is 539 g/mol. The highest BCUT2D eigenvalue weighted by molar-refractivity contribution is 6.30. The van der Waals surface area contributed by atoms with Gasteiger partial charge in [-0.05, 0) is 83.4 Å². The summed E-state index contributed by atoms with van der Waals surface area (Å²) in [5.41, 5.74) is 1.15. The number of nitrogens with zero attached hydrogens (tertiary/aromatic N) is 3. The Morgan fingerprint density at radius 2 is 1.60 bits per heavy atom. The lowest BCUT2D eigenvalue weighted by Gasteiger charge is -2.28. The van der Waals surface area contributed by atoms with E-state index >= 15 is 4.39 Å². The first-order valence-electron chi connectivity index (χ1n) is 12.5. The van der Waals surface area contributed by atoms with Gasteiger partial charge in [-0.1, -0.05) is 11.6 Å². The van der Waals surface area contributed by atoms with Crippen molar-refractivity contribution in [3.05, 3.63) is 70.4 Å². The average Bonchev–Trinajstić information content (AvgIpc) is 2.82. The van der Waals surface area contributed by atoms with Crippen LogP contribution in [0.1, 0.15) is 58.2 Å². The number of carbonyl (C=O) groups is 2. The summed E-state index contributed by atoms with van der Waals surface area (Å²) in [5.74, 6) is -0.838. The number of aromatic nitrogens is 2. The van der Waals surface area contributed by atoms with Gasteiger partial charge in [-0.2, -0.15) is 4.90 Å². The predicted molar refractivity (Wildman–Crippen MR) is 152 cm³/mol. The second kappa shape index (κ2) is 12.1. The number of benzene rings is 1. The number of pyridine rings is 2. The molecule has 2 aromatic heterocycles. The Balaban J connectivity index is 1.98. The van der Waals surface area contributed by atoms with Crippen molar-refractivity contribution in [2.45, 2.75) is 66.1 Å². The smallest absolute Gasteiger partial charge is 0.425 e. The molecule has 0 aliphatic carbocycles. The molecule has 9 nitrogen and oxygen atoms in total. The maximum Gasteiger partial charge on any atom is 0.425 e. The quantitative estimate of drug-likeness (QED) is 0.322. The molecule has 214 valence electrons. The van der Waals surface area contributed by atoms with Gasteiger partial charge in [0.25, 0.3) is 0 Å². The Morgan fingerprint density at radius 1 is 0.975 bits per heavy atom. The van der Waals surface area contributed by atoms with Crippen LogP contribution in [0.2, 0.25) is 5.02 Å². The minimum Gasteiger partial charge on any atom is -0.495 e. The van der Waals surface area contributed by atoms with E-state index in [1.807, 2.05) is 6.92 Å². The van der Waals surface area contributed by atoms with Gasteiger partial charge in [0.15, 0.2) is 11.6 Å². The van der Waals surface area contributed by atoms with Gasteiger partial charge in [-0.15, -0.1) is 0 Å². The van der Waals surface area contributed by atoms with Gasteiger partial charge < -0.3 is 19.5 Å². The zero-order chi connectivity index (χ0) is 29.8. The molecule has 0 fully saturated rings. The standard InChI is InChI=1S/C29H34ClFN4O5/c1-17-19(15-32-16-22(17)34-21-10-9-20(30)14-23(21)38-8)13-18-11-12-33-25(24(18)31)35(26(36)39-28(2,3)4)27(37)40-29(5,6)7/h9-12,14-16,34H,13H2,1-8H3. The molecule has 0 aliphatic rings. The van der Waals surface area contributed by atoms with E-state index < -0.39 is 35.0 Å². The summed E-state index contributed by atoms with van der Waals surface area (Å²) in [7, 11) is 1.54. The van der Waals surface area contributed by atoms with Crippen LogP contribution >= 0.6 is 11.6 Å². The SMILES string of the molecule is COc1cc(Cl)ccc1Nc1cncc(Cc2ccnc(N(C(=O)OC(C)(C)C)C(=O)OC(C)(C)C)c2F)c1C. The first-order valence-corrected chi connectivity index (χ1v) is 12.9. The lowest BCUT2D eigenvalue weighted by atomic mass is 10.0. The van der Waals surface area contributed by atoms with Gasteiger partial charge in [0.2, 0.25) is 0 Å². The van der Waals surface area contributed by atoms with Crippen LogP contribution in [0.15, 0.2) is 42.9 Å². The first kappa shape index (κ1) is 30.6. The van der Waals surface area contributed by atoms with E-state index in [1.54, 1.807) is 79.2 Å². The van der Waals surface area contributed by atoms with E-state index in [4.69, 9.17) is 25.8 Å². The van der Waals surface area contributed by atoms with Gasteiger partial charge in [0.1, 0.15) is 17.0 Å². The highest BCUT2D eigenvalue weighted by Crippen LogP contribution is 2.33. The third-order valence-electron chi connectivity index (χ3n) is 5.45. The number of halogens is 2. The maximum atomic E-state index is 15.9. The number of rotatable bonds is 6. The van der Waals surface area contributed by atoms with Gasteiger partial charge in [-0.3, -0.25) is 4.98 Å². The van der Waals surface area contributed by atoms with E-state index in [0.717, 1.165) is 5.56 Å². The van der Waals surface area contributed by atoms with Crippen molar-refractivity contribution < 1.29 is 28.2 Å². The molecule has 40 heavy (non-hydrogen) atoms. The van der Waals surface area contributed by atoms with Crippen molar-refractivity contribution in [1.29, 1.82) is 0 Å². The number of imide groups is 1. The second-order valence-corrected chi connectivity index (χ2v) is 11.5. The zero-order valence-corrected chi connectivity index (χ0v) is 24.6. The Morgan fingerprint density at radius 3 is 2.17 bits per heavy atom. The Kier molecular flexibility index (Phi) is 9.25. The Labute approximate surface area is 238 Å². The number of amides is 2. The zero-order valence-electron chi connectivity index (χ0n) is 23.9. The highest BCUT2D eigenvalue weighted by Gasteiger charge is 2.36. The first-order chi connectivity index (χ1) is 18.6. The number of nitrogens with one attached hydrogen (secondary N) is 1. The minimum absolute atomic E-state index is 0.101. The molecule has 1 aromatic carbocycles. The number of anilines is 3. The van der Waals surface area contributed by atoms with Gasteiger partial charge in [-0.25, -0.2) is 19.0 Å². The van der Waals surface area contributed by atoms with Crippen LogP contribution in [0.4, 0.5) is 31.2 Å². The lowest BCUT2D eigenvalue weighted by molar-refractivity contribution is 0.0427. The largest absolute Gasteiger partial charge is 0.495 e. The number of carbonyl (C=O) groups excluding carboxylic acids is 2. The molecule has 1 N–H and O–H groups in total. The van der Waals surface area contributed by atoms with Gasteiger partial charge >= 0.3 is 12.2 Å². The van der Waals surface area contributed by atoms with Crippen LogP contribution in [0, 0.1) is 12.7 Å². The summed E-state index contributed by atoms with van der Waals surface area (Å²) in [5, 5.41) is 3.81. The van der Waals surface area contributed by atoms with Crippen molar-refractivity contribution in [3.8, 4) is 5.75 Å². The number of hydrogen-bond acceptors (Lipinski definition) is 8. The highest BCUT2D eigenvalue weighted by atomic mass is 35.5. The summed E-state index contributed by atoms with van der Waals surface area (Å²) < 4.78 is 32.1. The fraction of sp³-hybridized carbons (Fsp3) is 0.379. The molecule has 3 rings (SSSR count). The minimum atomic E-state index is -1.11. The molecule has 0 radical (unpaired) electrons. The molecule has 0 saturated heterocycles. The van der Waals surface area contributed by atoms with Crippen molar-refractivity contribution in [2.24, 2.45) is 0 Å². The van der Waals surface area contributed by atoms with Crippen LogP contribution < -0.4 is 15.0 Å². The van der Waals surface area contributed by atoms with E-state index in [9.17, 15) is 9.59 Å². The van der Waals surface area contributed by atoms with Crippen LogP contribution in [0.25, 0.3) is 0 Å². The summed E-state index contributed by atoms with van der Waals surface area (Å²) in [6.07, 6.45) is 2.48. The van der Waals surface area contributed by atoms with Crippen LogP contribution in [0.3, 0.4) is 0 Å². The maximum absolute atomic E-state index is 15.9. The summed E-state index contributed by atoms with van der Waals surface area (Å²) in [6, 6.07) is 6.67. The third kappa shape index (κ3) is 7.81. The molecule has 11 heteroatoms. The fourth-order valence-corrected chi connectivity index (χ4v) is 3.78. The van der Waals surface area contributed by atoms with E-state index in [2.05, 4.69) is 15.3 Å². The van der Waals surface area contributed by atoms with Gasteiger partial charge in [0, 0.05) is 29.9 Å². The molecule has 0 aliphatic heterocycles. The number of methoxy groups -OCH3 is 1. The second-order valence-electron chi connectivity index (χ2n) is 11.0. The lowest BCUT2D eigenvalue weighted by Crippen LogP contribution is -2.44. The molecule has 0 saturated carbocycles. The van der Waals surface area contributed by atoms with Crippen molar-refractivity contribution >= 4 is 41.0 Å². The molecule has 0 spiro atoms. The van der Waals surface area contributed by atoms with Crippen LogP contribution in [0.5, 0.6) is 5.75 Å². The monoisotopic (exact) mass is 572 g/mol. The molecule has 3 aromatic rings. The molecule has 0 unspecified atom stereocenters. The summed E-state index contributed by atoms with van der Waals surface area (Å²) >= 11 is 6.07. The fourth-order valence-electron chi connectivity index (χ4n) is 3.62. The number of hydrogen-bond donors (Lipinski definition) is 1. The van der Waals surface area contributed by atoms with Gasteiger partial charge in [0.05, 0.1) is 24.7 Å². The van der Waals surface area contributed by atoms with E-state index in [1.165, 1.54) is 12.3 Å². The van der Waals surface area contributed by atoms with E-state index in [-0.39, 0.29) is 12.0 Å². The van der Waals surface area contributed by atoms with Crippen molar-refractivity contribution in [1.82, 2.24) is 9.97 Å². The topological polar surface area (TPSA) is 103 Å². The summed E-state index contributed by atoms with van der Waals surface area (Å²) in [6.45, 7) is 11.7. The molecular formula is C29H34ClFN4O5. The Bertz CT molecular complexity index is 1370. The Hall–Kier alpha value is -3.92. The molecule has 2 heterocycles. The van der Waals surface area contributed by atoms with Crippen LogP contribution in [-0.4, -0.2) is 40.5 Å². The van der Waals surface area contributed by atoms with Crippen molar-refractivity contribution in [3.63, 3.8) is 0 Å². The average molecular weight is 573 g/mol. The normalized spacial score (nSPS) is 11.6. The van der Waals surface area contributed by atoms with Crippen molar-refractivity contribution in [2.75, 3.05) is 17.3 Å². The molecule has 0 bridgehead atoms. The van der Waals surface area contributed by atoms with E-state index in [0.29, 0.717) is 32.6 Å². The number of ether oxygens (including phenoxy) is 3. The predicted octanol–water partition coefficient (Wildman–Crippen LogP) is 7.60.